The fourth-order valence-electron chi connectivity index (χ4n) is 2.95. The van der Waals surface area contributed by atoms with Gasteiger partial charge in [-0.25, -0.2) is 0 Å². The maximum absolute atomic E-state index is 12.2. The van der Waals surface area contributed by atoms with Gasteiger partial charge >= 0.3 is 0 Å². The Bertz CT molecular complexity index is 673. The lowest BCUT2D eigenvalue weighted by atomic mass is 9.83. The van der Waals surface area contributed by atoms with Gasteiger partial charge in [0.1, 0.15) is 11.8 Å². The topological polar surface area (TPSA) is 132 Å². The van der Waals surface area contributed by atoms with Crippen molar-refractivity contribution in [2.75, 3.05) is 0 Å². The number of nitro benzene ring substituents is 1. The number of carbonyl (C=O) groups excluding carboxylic acids is 3. The Morgan fingerprint density at radius 2 is 2.17 bits per heavy atom. The van der Waals surface area contributed by atoms with Crippen molar-refractivity contribution in [3.8, 4) is 0 Å². The molecule has 0 saturated heterocycles. The Balaban J connectivity index is 2.03. The van der Waals surface area contributed by atoms with Crippen LogP contribution in [0.3, 0.4) is 0 Å². The van der Waals surface area contributed by atoms with Gasteiger partial charge in [-0.3, -0.25) is 24.5 Å². The average Bonchev–Trinajstić information content (AvgIpc) is 2.52. The van der Waals surface area contributed by atoms with Crippen LogP contribution in [0.5, 0.6) is 0 Å². The summed E-state index contributed by atoms with van der Waals surface area (Å²) < 4.78 is 0. The second-order valence-corrected chi connectivity index (χ2v) is 5.95. The SMILES string of the molecule is NC(=O)[C@@H](NC(=O)Cc1cccc([N+](=O)[O-])c1)[C@@H]1CCCC(=O)C1. The molecule has 2 rings (SSSR count). The fourth-order valence-corrected chi connectivity index (χ4v) is 2.95. The zero-order valence-corrected chi connectivity index (χ0v) is 13.1. The summed E-state index contributed by atoms with van der Waals surface area (Å²) in [5.41, 5.74) is 5.72. The monoisotopic (exact) mass is 333 g/mol. The number of rotatable bonds is 6. The summed E-state index contributed by atoms with van der Waals surface area (Å²) in [6.45, 7) is 0. The highest BCUT2D eigenvalue weighted by Crippen LogP contribution is 2.24. The standard InChI is InChI=1S/C16H19N3O5/c17-16(22)15(11-4-2-6-13(20)9-11)18-14(21)8-10-3-1-5-12(7-10)19(23)24/h1,3,5,7,11,15H,2,4,6,8-9H2,(H2,17,22)(H,18,21)/t11-,15+/m1/s1. The average molecular weight is 333 g/mol. The molecule has 0 unspecified atom stereocenters. The molecular formula is C16H19N3O5. The van der Waals surface area contributed by atoms with Gasteiger partial charge in [-0.05, 0) is 24.3 Å². The lowest BCUT2D eigenvalue weighted by Crippen LogP contribution is -2.50. The number of non-ortho nitro benzene ring substituents is 1. The molecule has 1 aromatic rings. The van der Waals surface area contributed by atoms with E-state index in [-0.39, 0.29) is 30.2 Å². The third-order valence-corrected chi connectivity index (χ3v) is 4.10. The maximum Gasteiger partial charge on any atom is 0.269 e. The number of Topliss-reactive ketones (excluding diaryl/α,β-unsaturated/α-hetero) is 1. The minimum absolute atomic E-state index is 0.0606. The van der Waals surface area contributed by atoms with Crippen molar-refractivity contribution in [3.63, 3.8) is 0 Å². The largest absolute Gasteiger partial charge is 0.368 e. The number of hydrogen-bond acceptors (Lipinski definition) is 5. The van der Waals surface area contributed by atoms with Crippen LogP contribution >= 0.6 is 0 Å². The minimum Gasteiger partial charge on any atom is -0.368 e. The van der Waals surface area contributed by atoms with E-state index in [1.54, 1.807) is 6.07 Å². The second-order valence-electron chi connectivity index (χ2n) is 5.95. The highest BCUT2D eigenvalue weighted by atomic mass is 16.6. The molecule has 1 aliphatic carbocycles. The summed E-state index contributed by atoms with van der Waals surface area (Å²) in [4.78, 5) is 45.6. The zero-order valence-electron chi connectivity index (χ0n) is 13.1. The molecule has 2 atom stereocenters. The summed E-state index contributed by atoms with van der Waals surface area (Å²) in [7, 11) is 0. The van der Waals surface area contributed by atoms with E-state index in [1.807, 2.05) is 0 Å². The highest BCUT2D eigenvalue weighted by Gasteiger charge is 2.32. The summed E-state index contributed by atoms with van der Waals surface area (Å²) in [6.07, 6.45) is 1.94. The first-order valence-electron chi connectivity index (χ1n) is 7.70. The molecule has 0 spiro atoms. The summed E-state index contributed by atoms with van der Waals surface area (Å²) in [6, 6.07) is 4.83. The van der Waals surface area contributed by atoms with E-state index < -0.39 is 22.8 Å². The van der Waals surface area contributed by atoms with Crippen molar-refractivity contribution in [1.82, 2.24) is 5.32 Å². The van der Waals surface area contributed by atoms with Crippen LogP contribution in [0.25, 0.3) is 0 Å². The van der Waals surface area contributed by atoms with Gasteiger partial charge in [0.05, 0.1) is 11.3 Å². The molecule has 1 fully saturated rings. The van der Waals surface area contributed by atoms with Gasteiger partial charge in [0.15, 0.2) is 0 Å². The van der Waals surface area contributed by atoms with Crippen LogP contribution in [0.15, 0.2) is 24.3 Å². The first kappa shape index (κ1) is 17.6. The third-order valence-electron chi connectivity index (χ3n) is 4.10. The van der Waals surface area contributed by atoms with Gasteiger partial charge < -0.3 is 11.1 Å². The smallest absolute Gasteiger partial charge is 0.269 e. The molecule has 128 valence electrons. The molecule has 8 heteroatoms. The van der Waals surface area contributed by atoms with E-state index >= 15 is 0 Å². The molecule has 0 aliphatic heterocycles. The van der Waals surface area contributed by atoms with E-state index in [4.69, 9.17) is 5.73 Å². The molecule has 0 heterocycles. The van der Waals surface area contributed by atoms with E-state index in [9.17, 15) is 24.5 Å². The lowest BCUT2D eigenvalue weighted by molar-refractivity contribution is -0.384. The first-order chi connectivity index (χ1) is 11.4. The molecule has 0 aromatic heterocycles. The van der Waals surface area contributed by atoms with Gasteiger partial charge in [-0.15, -0.1) is 0 Å². The Morgan fingerprint density at radius 1 is 1.42 bits per heavy atom. The van der Waals surface area contributed by atoms with E-state index in [1.165, 1.54) is 18.2 Å². The number of nitrogens with one attached hydrogen (secondary N) is 1. The highest BCUT2D eigenvalue weighted by molar-refractivity contribution is 5.89. The molecule has 3 N–H and O–H groups in total. The van der Waals surface area contributed by atoms with Crippen molar-refractivity contribution in [1.29, 1.82) is 0 Å². The summed E-state index contributed by atoms with van der Waals surface area (Å²) >= 11 is 0. The predicted octanol–water partition coefficient (Wildman–Crippen LogP) is 0.867. The number of nitrogens with zero attached hydrogens (tertiary/aromatic N) is 1. The Hall–Kier alpha value is -2.77. The van der Waals surface area contributed by atoms with Crippen LogP contribution in [0.1, 0.15) is 31.2 Å². The molecule has 1 aliphatic rings. The predicted molar refractivity (Wildman–Crippen MR) is 84.9 cm³/mol. The Morgan fingerprint density at radius 3 is 2.79 bits per heavy atom. The van der Waals surface area contributed by atoms with Crippen LogP contribution < -0.4 is 11.1 Å². The normalized spacial score (nSPS) is 18.7. The van der Waals surface area contributed by atoms with Crippen molar-refractivity contribution in [2.24, 2.45) is 11.7 Å². The minimum atomic E-state index is -0.902. The van der Waals surface area contributed by atoms with Crippen molar-refractivity contribution < 1.29 is 19.3 Å². The molecule has 0 radical (unpaired) electrons. The molecule has 0 bridgehead atoms. The summed E-state index contributed by atoms with van der Waals surface area (Å²) in [5, 5.41) is 13.3. The molecule has 1 saturated carbocycles. The van der Waals surface area contributed by atoms with Crippen LogP contribution in [-0.2, 0) is 20.8 Å². The van der Waals surface area contributed by atoms with E-state index in [2.05, 4.69) is 5.32 Å². The van der Waals surface area contributed by atoms with E-state index in [0.717, 1.165) is 0 Å². The van der Waals surface area contributed by atoms with Crippen molar-refractivity contribution in [3.05, 3.63) is 39.9 Å². The Kier molecular flexibility index (Phi) is 5.62. The van der Waals surface area contributed by atoms with Gasteiger partial charge in [0, 0.05) is 25.0 Å². The molecular weight excluding hydrogens is 314 g/mol. The zero-order chi connectivity index (χ0) is 17.7. The number of ketones is 1. The first-order valence-corrected chi connectivity index (χ1v) is 7.70. The van der Waals surface area contributed by atoms with Gasteiger partial charge in [0.2, 0.25) is 11.8 Å². The maximum atomic E-state index is 12.2. The van der Waals surface area contributed by atoms with Crippen LogP contribution in [0.2, 0.25) is 0 Å². The number of nitrogens with two attached hydrogens (primary N) is 1. The number of nitro groups is 1. The third kappa shape index (κ3) is 4.61. The van der Waals surface area contributed by atoms with E-state index in [0.29, 0.717) is 24.8 Å². The molecule has 24 heavy (non-hydrogen) atoms. The molecule has 1 aromatic carbocycles. The van der Waals surface area contributed by atoms with Crippen LogP contribution in [-0.4, -0.2) is 28.6 Å². The van der Waals surface area contributed by atoms with Gasteiger partial charge in [0.25, 0.3) is 5.69 Å². The van der Waals surface area contributed by atoms with Crippen molar-refractivity contribution >= 4 is 23.3 Å². The van der Waals surface area contributed by atoms with Gasteiger partial charge in [-0.2, -0.15) is 0 Å². The number of carbonyl (C=O) groups is 3. The van der Waals surface area contributed by atoms with Crippen molar-refractivity contribution in [2.45, 2.75) is 38.1 Å². The number of benzene rings is 1. The molecule has 8 nitrogen and oxygen atoms in total. The van der Waals surface area contributed by atoms with Gasteiger partial charge in [-0.1, -0.05) is 12.1 Å². The quantitative estimate of drug-likeness (QED) is 0.588. The number of hydrogen-bond donors (Lipinski definition) is 2. The molecule has 2 amide bonds. The number of amides is 2. The summed E-state index contributed by atoms with van der Waals surface area (Å²) in [5.74, 6) is -1.37. The fraction of sp³-hybridized carbons (Fsp3) is 0.438. The second kappa shape index (κ2) is 7.67. The lowest BCUT2D eigenvalue weighted by Gasteiger charge is -2.28. The number of primary amides is 1. The van der Waals surface area contributed by atoms with Crippen LogP contribution in [0, 0.1) is 16.0 Å². The Labute approximate surface area is 138 Å². The van der Waals surface area contributed by atoms with Crippen LogP contribution in [0.4, 0.5) is 5.69 Å².